The zero-order valence-electron chi connectivity index (χ0n) is 11.3. The van der Waals surface area contributed by atoms with Crippen LogP contribution in [0.15, 0.2) is 41.3 Å². The molecule has 0 aliphatic rings. The van der Waals surface area contributed by atoms with Gasteiger partial charge in [-0.05, 0) is 29.8 Å². The standard InChI is InChI=1S/C13H9Cl3O4S.Na/c14-8-5-10(12(16)11(15)6-8)13(17)7-1-3-9(4-2-7)21(18,19)20;/h1-6,13,17H,(H,18,19,20);/q;+1/p-1. The molecule has 1 N–H and O–H groups in total. The second-order valence-electron chi connectivity index (χ2n) is 4.22. The number of hydrogen-bond donors (Lipinski definition) is 1. The Balaban J connectivity index is 0.00000242. The molecule has 0 aliphatic heterocycles. The van der Waals surface area contributed by atoms with Crippen LogP contribution in [0.1, 0.15) is 17.2 Å². The number of rotatable bonds is 3. The zero-order valence-corrected chi connectivity index (χ0v) is 16.3. The van der Waals surface area contributed by atoms with Gasteiger partial charge in [0.2, 0.25) is 0 Å². The van der Waals surface area contributed by atoms with Gasteiger partial charge in [0.1, 0.15) is 16.2 Å². The Morgan fingerprint density at radius 2 is 1.59 bits per heavy atom. The molecule has 0 aliphatic carbocycles. The van der Waals surface area contributed by atoms with E-state index in [4.69, 9.17) is 34.8 Å². The summed E-state index contributed by atoms with van der Waals surface area (Å²) < 4.78 is 32.6. The van der Waals surface area contributed by atoms with Crippen LogP contribution in [0.4, 0.5) is 0 Å². The molecule has 2 rings (SSSR count). The summed E-state index contributed by atoms with van der Waals surface area (Å²) in [5, 5.41) is 10.9. The normalized spacial score (nSPS) is 12.6. The van der Waals surface area contributed by atoms with Crippen LogP contribution in [-0.2, 0) is 10.1 Å². The fourth-order valence-electron chi connectivity index (χ4n) is 1.77. The van der Waals surface area contributed by atoms with Crippen molar-refractivity contribution in [3.63, 3.8) is 0 Å². The van der Waals surface area contributed by atoms with Crippen molar-refractivity contribution in [3.05, 3.63) is 62.6 Å². The van der Waals surface area contributed by atoms with Crippen LogP contribution in [0.25, 0.3) is 0 Å². The maximum absolute atomic E-state index is 10.9. The van der Waals surface area contributed by atoms with E-state index in [1.165, 1.54) is 24.3 Å². The predicted octanol–water partition coefficient (Wildman–Crippen LogP) is 0.637. The topological polar surface area (TPSA) is 77.4 Å². The van der Waals surface area contributed by atoms with E-state index in [2.05, 4.69) is 0 Å². The fraction of sp³-hybridized carbons (Fsp3) is 0.0769. The van der Waals surface area contributed by atoms with Gasteiger partial charge in [0.05, 0.1) is 14.9 Å². The van der Waals surface area contributed by atoms with Gasteiger partial charge in [-0.1, -0.05) is 46.9 Å². The largest absolute Gasteiger partial charge is 1.00 e. The van der Waals surface area contributed by atoms with Gasteiger partial charge in [-0.3, -0.25) is 0 Å². The summed E-state index contributed by atoms with van der Waals surface area (Å²) in [5.74, 6) is 0. The number of aliphatic hydroxyl groups excluding tert-OH is 1. The van der Waals surface area contributed by atoms with Gasteiger partial charge >= 0.3 is 29.6 Å². The molecule has 9 heteroatoms. The molecular formula is C13H8Cl3NaO4S. The molecule has 1 unspecified atom stereocenters. The first-order chi connectivity index (χ1) is 9.70. The van der Waals surface area contributed by atoms with Crippen molar-refractivity contribution in [1.82, 2.24) is 0 Å². The van der Waals surface area contributed by atoms with E-state index in [0.717, 1.165) is 12.1 Å². The van der Waals surface area contributed by atoms with Crippen LogP contribution in [-0.4, -0.2) is 18.1 Å². The second kappa shape index (κ2) is 7.83. The first-order valence-corrected chi connectivity index (χ1v) is 8.12. The van der Waals surface area contributed by atoms with Crippen molar-refractivity contribution in [1.29, 1.82) is 0 Å². The Kier molecular flexibility index (Phi) is 7.20. The Hall–Kier alpha value is 0.180. The monoisotopic (exact) mass is 388 g/mol. The molecule has 22 heavy (non-hydrogen) atoms. The average Bonchev–Trinajstić information content (AvgIpc) is 2.41. The fourth-order valence-corrected chi connectivity index (χ4v) is 2.96. The molecule has 2 aromatic carbocycles. The zero-order chi connectivity index (χ0) is 15.8. The summed E-state index contributed by atoms with van der Waals surface area (Å²) in [7, 11) is -4.53. The predicted molar refractivity (Wildman–Crippen MR) is 79.9 cm³/mol. The maximum atomic E-state index is 10.9. The minimum atomic E-state index is -4.53. The molecule has 0 spiro atoms. The number of benzene rings is 2. The third kappa shape index (κ3) is 4.60. The molecule has 0 heterocycles. The van der Waals surface area contributed by atoms with Gasteiger partial charge in [-0.25, -0.2) is 8.42 Å². The molecule has 0 aromatic heterocycles. The molecule has 0 fully saturated rings. The van der Waals surface area contributed by atoms with Crippen LogP contribution >= 0.6 is 34.8 Å². The second-order valence-corrected chi connectivity index (χ2v) is 6.82. The van der Waals surface area contributed by atoms with Gasteiger partial charge in [0.15, 0.2) is 0 Å². The smallest absolute Gasteiger partial charge is 0.744 e. The van der Waals surface area contributed by atoms with Crippen LogP contribution in [0.5, 0.6) is 0 Å². The van der Waals surface area contributed by atoms with Gasteiger partial charge in [-0.15, -0.1) is 0 Å². The van der Waals surface area contributed by atoms with Gasteiger partial charge in [-0.2, -0.15) is 0 Å². The average molecular weight is 390 g/mol. The summed E-state index contributed by atoms with van der Waals surface area (Å²) in [6.07, 6.45) is -1.16. The Morgan fingerprint density at radius 1 is 1.05 bits per heavy atom. The van der Waals surface area contributed by atoms with Crippen molar-refractivity contribution < 1.29 is 47.6 Å². The molecule has 2 aromatic rings. The first kappa shape index (κ1) is 20.2. The maximum Gasteiger partial charge on any atom is 1.00 e. The number of hydrogen-bond acceptors (Lipinski definition) is 4. The third-order valence-electron chi connectivity index (χ3n) is 2.80. The number of aliphatic hydroxyl groups is 1. The Bertz CT molecular complexity index is 779. The van der Waals surface area contributed by atoms with Gasteiger partial charge in [0.25, 0.3) is 0 Å². The SMILES string of the molecule is O=S(=O)([O-])c1ccc(C(O)c2cc(Cl)cc(Cl)c2Cl)cc1.[Na+]. The van der Waals surface area contributed by atoms with E-state index in [1.807, 2.05) is 0 Å². The molecule has 112 valence electrons. The molecule has 0 radical (unpaired) electrons. The summed E-state index contributed by atoms with van der Waals surface area (Å²) in [5.41, 5.74) is 0.634. The van der Waals surface area contributed by atoms with Gasteiger partial charge < -0.3 is 9.66 Å². The van der Waals surface area contributed by atoms with Crippen LogP contribution in [0.3, 0.4) is 0 Å². The molecule has 0 saturated heterocycles. The molecular weight excluding hydrogens is 382 g/mol. The molecule has 0 amide bonds. The number of halogens is 3. The molecule has 0 bridgehead atoms. The van der Waals surface area contributed by atoms with Crippen molar-refractivity contribution in [2.24, 2.45) is 0 Å². The molecule has 0 saturated carbocycles. The van der Waals surface area contributed by atoms with Crippen molar-refractivity contribution in [2.75, 3.05) is 0 Å². The molecule has 1 atom stereocenters. The Labute approximate surface area is 165 Å². The van der Waals surface area contributed by atoms with E-state index >= 15 is 0 Å². The molecule has 4 nitrogen and oxygen atoms in total. The van der Waals surface area contributed by atoms with Crippen LogP contribution < -0.4 is 29.6 Å². The first-order valence-electron chi connectivity index (χ1n) is 5.58. The Morgan fingerprint density at radius 3 is 2.09 bits per heavy atom. The van der Waals surface area contributed by atoms with E-state index in [-0.39, 0.29) is 50.1 Å². The van der Waals surface area contributed by atoms with E-state index in [9.17, 15) is 18.1 Å². The van der Waals surface area contributed by atoms with E-state index < -0.39 is 16.2 Å². The van der Waals surface area contributed by atoms with Gasteiger partial charge in [0, 0.05) is 10.6 Å². The van der Waals surface area contributed by atoms with Crippen molar-refractivity contribution in [2.45, 2.75) is 11.0 Å². The summed E-state index contributed by atoms with van der Waals surface area (Å²) in [6.45, 7) is 0. The third-order valence-corrected chi connectivity index (χ3v) is 4.68. The summed E-state index contributed by atoms with van der Waals surface area (Å²) >= 11 is 17.8. The van der Waals surface area contributed by atoms with E-state index in [1.54, 1.807) is 0 Å². The minimum absolute atomic E-state index is 0. The van der Waals surface area contributed by atoms with Crippen molar-refractivity contribution >= 4 is 44.9 Å². The van der Waals surface area contributed by atoms with E-state index in [0.29, 0.717) is 10.6 Å². The van der Waals surface area contributed by atoms with Crippen molar-refractivity contribution in [3.8, 4) is 0 Å². The van der Waals surface area contributed by atoms with Crippen LogP contribution in [0, 0.1) is 0 Å². The van der Waals surface area contributed by atoms with Crippen LogP contribution in [0.2, 0.25) is 15.1 Å². The minimum Gasteiger partial charge on any atom is -0.744 e. The summed E-state index contributed by atoms with van der Waals surface area (Å²) in [6, 6.07) is 7.76. The quantitative estimate of drug-likeness (QED) is 0.475. The summed E-state index contributed by atoms with van der Waals surface area (Å²) in [4.78, 5) is -0.381.